The molecular weight excluding hydrogens is 188 g/mol. The molecule has 5 heteroatoms. The van der Waals surface area contributed by atoms with E-state index in [1.54, 1.807) is 0 Å². The van der Waals surface area contributed by atoms with Crippen molar-refractivity contribution < 1.29 is 22.3 Å². The molecule has 1 aromatic rings. The van der Waals surface area contributed by atoms with Crippen LogP contribution >= 0.6 is 0 Å². The van der Waals surface area contributed by atoms with Gasteiger partial charge >= 0.3 is 6.61 Å². The molecule has 0 atom stereocenters. The topological polar surface area (TPSA) is 9.23 Å². The average Bonchev–Trinajstić information content (AvgIpc) is 2.06. The predicted molar refractivity (Wildman–Crippen MR) is 37.7 cm³/mol. The summed E-state index contributed by atoms with van der Waals surface area (Å²) >= 11 is 0. The van der Waals surface area contributed by atoms with Gasteiger partial charge in [-0.3, -0.25) is 0 Å². The van der Waals surface area contributed by atoms with E-state index in [1.807, 2.05) is 0 Å². The molecule has 0 spiro atoms. The molecule has 0 amide bonds. The van der Waals surface area contributed by atoms with Gasteiger partial charge < -0.3 is 4.74 Å². The lowest BCUT2D eigenvalue weighted by Gasteiger charge is -2.07. The van der Waals surface area contributed by atoms with Gasteiger partial charge in [0.1, 0.15) is 5.82 Å². The minimum Gasteiger partial charge on any atom is -0.432 e. The Kier molecular flexibility index (Phi) is 2.75. The summed E-state index contributed by atoms with van der Waals surface area (Å²) in [6.45, 7) is -1.97. The number of hydrogen-bond acceptors (Lipinski definition) is 1. The first-order chi connectivity index (χ1) is 6.02. The van der Waals surface area contributed by atoms with E-state index in [4.69, 9.17) is 0 Å². The third-order valence-corrected chi connectivity index (χ3v) is 1.50. The minimum atomic E-state index is -3.11. The van der Waals surface area contributed by atoms with Crippen molar-refractivity contribution >= 4 is 0 Å². The highest BCUT2D eigenvalue weighted by atomic mass is 19.3. The number of hydrogen-bond donors (Lipinski definition) is 0. The summed E-state index contributed by atoms with van der Waals surface area (Å²) < 4.78 is 52.6. The van der Waals surface area contributed by atoms with Gasteiger partial charge in [0.15, 0.2) is 11.6 Å². The molecule has 0 saturated carbocycles. The monoisotopic (exact) mass is 194 g/mol. The van der Waals surface area contributed by atoms with E-state index >= 15 is 0 Å². The molecule has 72 valence electrons. The predicted octanol–water partition coefficient (Wildman–Crippen LogP) is 2.87. The van der Waals surface area contributed by atoms with Gasteiger partial charge in [0.2, 0.25) is 0 Å². The second-order valence-electron chi connectivity index (χ2n) is 2.36. The summed E-state index contributed by atoms with van der Waals surface area (Å²) in [7, 11) is 0. The third-order valence-electron chi connectivity index (χ3n) is 1.50. The number of halogens is 4. The number of ether oxygens (including phenoxy) is 1. The maximum atomic E-state index is 12.9. The van der Waals surface area contributed by atoms with Gasteiger partial charge in [0.05, 0.1) is 0 Å². The van der Waals surface area contributed by atoms with E-state index < -0.39 is 24.0 Å². The lowest BCUT2D eigenvalue weighted by atomic mass is 10.2. The third kappa shape index (κ3) is 2.11. The molecular formula is C8H6F4O. The first-order valence-corrected chi connectivity index (χ1v) is 3.41. The highest BCUT2D eigenvalue weighted by Crippen LogP contribution is 2.23. The van der Waals surface area contributed by atoms with Crippen LogP contribution in [0.4, 0.5) is 17.6 Å². The molecule has 0 fully saturated rings. The van der Waals surface area contributed by atoms with Gasteiger partial charge in [-0.1, -0.05) is 0 Å². The lowest BCUT2D eigenvalue weighted by molar-refractivity contribution is -0.0523. The normalized spacial score (nSPS) is 10.6. The maximum Gasteiger partial charge on any atom is 0.387 e. The smallest absolute Gasteiger partial charge is 0.387 e. The molecule has 0 N–H and O–H groups in total. The largest absolute Gasteiger partial charge is 0.432 e. The van der Waals surface area contributed by atoms with Crippen LogP contribution in [0.25, 0.3) is 0 Å². The fourth-order valence-corrected chi connectivity index (χ4v) is 0.824. The molecule has 0 bridgehead atoms. The summed E-state index contributed by atoms with van der Waals surface area (Å²) in [6.07, 6.45) is 0. The van der Waals surface area contributed by atoms with E-state index in [2.05, 4.69) is 4.74 Å². The van der Waals surface area contributed by atoms with Crippen molar-refractivity contribution in [3.8, 4) is 5.75 Å². The van der Waals surface area contributed by atoms with Crippen molar-refractivity contribution in [1.29, 1.82) is 0 Å². The van der Waals surface area contributed by atoms with E-state index in [-0.39, 0.29) is 5.56 Å². The maximum absolute atomic E-state index is 12.9. The van der Waals surface area contributed by atoms with Crippen LogP contribution in [0.2, 0.25) is 0 Å². The molecule has 0 radical (unpaired) electrons. The number of alkyl halides is 2. The molecule has 0 heterocycles. The Labute approximate surface area is 71.9 Å². The van der Waals surface area contributed by atoms with Gasteiger partial charge in [0.25, 0.3) is 0 Å². The van der Waals surface area contributed by atoms with Crippen LogP contribution in [0, 0.1) is 18.6 Å². The first-order valence-electron chi connectivity index (χ1n) is 3.41. The highest BCUT2D eigenvalue weighted by Gasteiger charge is 2.13. The van der Waals surface area contributed by atoms with Crippen molar-refractivity contribution in [1.82, 2.24) is 0 Å². The molecule has 13 heavy (non-hydrogen) atoms. The fourth-order valence-electron chi connectivity index (χ4n) is 0.824. The van der Waals surface area contributed by atoms with E-state index in [9.17, 15) is 17.6 Å². The van der Waals surface area contributed by atoms with Crippen molar-refractivity contribution in [3.63, 3.8) is 0 Å². The van der Waals surface area contributed by atoms with Crippen molar-refractivity contribution in [2.75, 3.05) is 0 Å². The van der Waals surface area contributed by atoms with E-state index in [0.717, 1.165) is 19.1 Å². The summed E-state index contributed by atoms with van der Waals surface area (Å²) in [5.41, 5.74) is -0.335. The Balaban J connectivity index is 3.04. The van der Waals surface area contributed by atoms with Gasteiger partial charge in [-0.15, -0.1) is 0 Å². The summed E-state index contributed by atoms with van der Waals surface area (Å²) in [5, 5.41) is 0. The average molecular weight is 194 g/mol. The molecule has 1 aromatic carbocycles. The summed E-state index contributed by atoms with van der Waals surface area (Å²) in [4.78, 5) is 0. The fraction of sp³-hybridized carbons (Fsp3) is 0.250. The van der Waals surface area contributed by atoms with Crippen molar-refractivity contribution in [2.45, 2.75) is 13.5 Å². The van der Waals surface area contributed by atoms with Crippen molar-refractivity contribution in [2.24, 2.45) is 0 Å². The Morgan fingerprint density at radius 2 is 1.85 bits per heavy atom. The molecule has 1 rings (SSSR count). The molecule has 0 aromatic heterocycles. The van der Waals surface area contributed by atoms with Crippen LogP contribution in [-0.4, -0.2) is 6.61 Å². The molecule has 1 nitrogen and oxygen atoms in total. The zero-order valence-corrected chi connectivity index (χ0v) is 6.65. The van der Waals surface area contributed by atoms with Crippen LogP contribution < -0.4 is 4.74 Å². The SMILES string of the molecule is Cc1c(F)ccc(OC(F)F)c1F. The van der Waals surface area contributed by atoms with Gasteiger partial charge in [-0.25, -0.2) is 8.78 Å². The zero-order valence-electron chi connectivity index (χ0n) is 6.65. The van der Waals surface area contributed by atoms with Crippen LogP contribution in [0.5, 0.6) is 5.75 Å². The van der Waals surface area contributed by atoms with Crippen LogP contribution in [-0.2, 0) is 0 Å². The zero-order chi connectivity index (χ0) is 10.0. The van der Waals surface area contributed by atoms with E-state index in [1.165, 1.54) is 0 Å². The Bertz CT molecular complexity index is 311. The highest BCUT2D eigenvalue weighted by molar-refractivity contribution is 5.31. The minimum absolute atomic E-state index is 0.335. The van der Waals surface area contributed by atoms with Crippen LogP contribution in [0.15, 0.2) is 12.1 Å². The lowest BCUT2D eigenvalue weighted by Crippen LogP contribution is -2.05. The first kappa shape index (κ1) is 9.83. The van der Waals surface area contributed by atoms with Gasteiger partial charge in [-0.05, 0) is 19.1 Å². The van der Waals surface area contributed by atoms with Gasteiger partial charge in [0, 0.05) is 5.56 Å². The van der Waals surface area contributed by atoms with Crippen LogP contribution in [0.1, 0.15) is 5.56 Å². The summed E-state index contributed by atoms with van der Waals surface area (Å²) in [6, 6.07) is 1.69. The Hall–Kier alpha value is -1.26. The molecule has 0 unspecified atom stereocenters. The Morgan fingerprint density at radius 3 is 2.38 bits per heavy atom. The quantitative estimate of drug-likeness (QED) is 0.657. The summed E-state index contributed by atoms with van der Waals surface area (Å²) in [5.74, 6) is -2.53. The second kappa shape index (κ2) is 3.64. The van der Waals surface area contributed by atoms with Crippen LogP contribution in [0.3, 0.4) is 0 Å². The van der Waals surface area contributed by atoms with Gasteiger partial charge in [-0.2, -0.15) is 8.78 Å². The second-order valence-corrected chi connectivity index (χ2v) is 2.36. The molecule has 0 aliphatic carbocycles. The standard InChI is InChI=1S/C8H6F4O/c1-4-5(9)2-3-6(7(4)10)13-8(11)12/h2-3,8H,1H3. The molecule has 0 saturated heterocycles. The van der Waals surface area contributed by atoms with Crippen molar-refractivity contribution in [3.05, 3.63) is 29.3 Å². The van der Waals surface area contributed by atoms with E-state index in [0.29, 0.717) is 0 Å². The molecule has 0 aliphatic heterocycles. The number of rotatable bonds is 2. The number of benzene rings is 1. The molecule has 0 aliphatic rings. The Morgan fingerprint density at radius 1 is 1.23 bits per heavy atom.